The van der Waals surface area contributed by atoms with Crippen LogP contribution < -0.4 is 10.4 Å². The molecule has 90 valence electrons. The molecule has 0 saturated heterocycles. The summed E-state index contributed by atoms with van der Waals surface area (Å²) in [5, 5.41) is 0.810. The predicted molar refractivity (Wildman–Crippen MR) is 64.5 cm³/mol. The first-order valence-electron chi connectivity index (χ1n) is 5.46. The van der Waals surface area contributed by atoms with E-state index in [9.17, 15) is 4.79 Å². The van der Waals surface area contributed by atoms with Gasteiger partial charge in [-0.05, 0) is 12.1 Å². The van der Waals surface area contributed by atoms with Gasteiger partial charge in [0.15, 0.2) is 0 Å². The van der Waals surface area contributed by atoms with Crippen LogP contribution in [0.25, 0.3) is 11.0 Å². The zero-order valence-electron chi connectivity index (χ0n) is 9.64. The molecule has 0 amide bonds. The molecule has 2 aromatic rings. The van der Waals surface area contributed by atoms with Crippen molar-refractivity contribution in [2.24, 2.45) is 0 Å². The molecule has 0 saturated carbocycles. The SMILES string of the molecule is COCCCOc1cc(=O)oc2ccccc12. The Morgan fingerprint density at radius 2 is 2.06 bits per heavy atom. The third-order valence-corrected chi connectivity index (χ3v) is 2.36. The highest BCUT2D eigenvalue weighted by Crippen LogP contribution is 2.23. The van der Waals surface area contributed by atoms with Crippen LogP contribution in [-0.2, 0) is 4.74 Å². The quantitative estimate of drug-likeness (QED) is 0.588. The third kappa shape index (κ3) is 2.85. The molecule has 0 fully saturated rings. The lowest BCUT2D eigenvalue weighted by Crippen LogP contribution is -2.05. The van der Waals surface area contributed by atoms with E-state index in [2.05, 4.69) is 0 Å². The van der Waals surface area contributed by atoms with Crippen molar-refractivity contribution in [1.29, 1.82) is 0 Å². The Bertz CT molecular complexity index is 544. The minimum atomic E-state index is -0.398. The van der Waals surface area contributed by atoms with Crippen molar-refractivity contribution in [2.75, 3.05) is 20.3 Å². The molecule has 0 spiro atoms. The summed E-state index contributed by atoms with van der Waals surface area (Å²) in [7, 11) is 1.65. The zero-order chi connectivity index (χ0) is 12.1. The van der Waals surface area contributed by atoms with Crippen molar-refractivity contribution < 1.29 is 13.9 Å². The summed E-state index contributed by atoms with van der Waals surface area (Å²) in [5.74, 6) is 0.563. The number of fused-ring (bicyclic) bond motifs is 1. The first-order valence-corrected chi connectivity index (χ1v) is 5.46. The van der Waals surface area contributed by atoms with E-state index in [4.69, 9.17) is 13.9 Å². The summed E-state index contributed by atoms with van der Waals surface area (Å²) in [6.45, 7) is 1.15. The topological polar surface area (TPSA) is 48.7 Å². The van der Waals surface area contributed by atoms with Crippen LogP contribution in [-0.4, -0.2) is 20.3 Å². The van der Waals surface area contributed by atoms with Gasteiger partial charge in [0.05, 0.1) is 18.1 Å². The fourth-order valence-electron chi connectivity index (χ4n) is 1.59. The Hall–Kier alpha value is -1.81. The van der Waals surface area contributed by atoms with E-state index in [-0.39, 0.29) is 0 Å². The minimum Gasteiger partial charge on any atom is -0.492 e. The van der Waals surface area contributed by atoms with Crippen LogP contribution >= 0.6 is 0 Å². The van der Waals surface area contributed by atoms with Crippen molar-refractivity contribution in [3.8, 4) is 5.75 Å². The van der Waals surface area contributed by atoms with Crippen LogP contribution in [0.1, 0.15) is 6.42 Å². The molecule has 1 aromatic heterocycles. The van der Waals surface area contributed by atoms with Crippen LogP contribution in [0, 0.1) is 0 Å². The van der Waals surface area contributed by atoms with E-state index < -0.39 is 5.63 Å². The Kier molecular flexibility index (Phi) is 3.77. The average Bonchev–Trinajstić information content (AvgIpc) is 2.34. The molecule has 1 aromatic carbocycles. The second-order valence-electron chi connectivity index (χ2n) is 3.62. The van der Waals surface area contributed by atoms with Gasteiger partial charge in [-0.1, -0.05) is 12.1 Å². The summed E-state index contributed by atoms with van der Waals surface area (Å²) >= 11 is 0. The highest BCUT2D eigenvalue weighted by atomic mass is 16.5. The van der Waals surface area contributed by atoms with E-state index >= 15 is 0 Å². The Morgan fingerprint density at radius 1 is 1.24 bits per heavy atom. The fourth-order valence-corrected chi connectivity index (χ4v) is 1.59. The van der Waals surface area contributed by atoms with Gasteiger partial charge >= 0.3 is 5.63 Å². The second kappa shape index (κ2) is 5.50. The summed E-state index contributed by atoms with van der Waals surface area (Å²) in [4.78, 5) is 11.3. The normalized spacial score (nSPS) is 10.6. The molecule has 4 heteroatoms. The van der Waals surface area contributed by atoms with Crippen molar-refractivity contribution in [2.45, 2.75) is 6.42 Å². The van der Waals surface area contributed by atoms with Gasteiger partial charge in [-0.3, -0.25) is 0 Å². The molecule has 0 aliphatic carbocycles. The van der Waals surface area contributed by atoms with Gasteiger partial charge in [-0.15, -0.1) is 0 Å². The minimum absolute atomic E-state index is 0.398. The third-order valence-electron chi connectivity index (χ3n) is 2.36. The van der Waals surface area contributed by atoms with Crippen LogP contribution in [0.5, 0.6) is 5.75 Å². The number of para-hydroxylation sites is 1. The molecule has 2 rings (SSSR count). The molecular weight excluding hydrogens is 220 g/mol. The molecule has 0 radical (unpaired) electrons. The van der Waals surface area contributed by atoms with Gasteiger partial charge in [-0.25, -0.2) is 4.79 Å². The van der Waals surface area contributed by atoms with Gasteiger partial charge in [0.2, 0.25) is 0 Å². The van der Waals surface area contributed by atoms with Crippen LogP contribution in [0.2, 0.25) is 0 Å². The van der Waals surface area contributed by atoms with E-state index in [1.807, 2.05) is 18.2 Å². The molecule has 0 atom stereocenters. The van der Waals surface area contributed by atoms with Gasteiger partial charge in [0.1, 0.15) is 11.3 Å². The maximum atomic E-state index is 11.3. The standard InChI is InChI=1S/C13H14O4/c1-15-7-4-8-16-12-9-13(14)17-11-6-3-2-5-10(11)12/h2-3,5-6,9H,4,7-8H2,1H3. The summed E-state index contributed by atoms with van der Waals surface area (Å²) < 4.78 is 15.6. The van der Waals surface area contributed by atoms with Gasteiger partial charge in [-0.2, -0.15) is 0 Å². The zero-order valence-corrected chi connectivity index (χ0v) is 9.64. The maximum absolute atomic E-state index is 11.3. The molecular formula is C13H14O4. The van der Waals surface area contributed by atoms with Crippen LogP contribution in [0.15, 0.2) is 39.5 Å². The second-order valence-corrected chi connectivity index (χ2v) is 3.62. The van der Waals surface area contributed by atoms with Crippen molar-refractivity contribution in [3.63, 3.8) is 0 Å². The van der Waals surface area contributed by atoms with Crippen molar-refractivity contribution in [1.82, 2.24) is 0 Å². The predicted octanol–water partition coefficient (Wildman–Crippen LogP) is 2.21. The lowest BCUT2D eigenvalue weighted by Gasteiger charge is -2.07. The molecule has 17 heavy (non-hydrogen) atoms. The Morgan fingerprint density at radius 3 is 2.88 bits per heavy atom. The van der Waals surface area contributed by atoms with Crippen LogP contribution in [0.3, 0.4) is 0 Å². The lowest BCUT2D eigenvalue weighted by atomic mass is 10.2. The Balaban J connectivity index is 2.23. The van der Waals surface area contributed by atoms with E-state index in [1.165, 1.54) is 6.07 Å². The Labute approximate surface area is 98.8 Å². The van der Waals surface area contributed by atoms with Gasteiger partial charge in [0.25, 0.3) is 0 Å². The molecule has 4 nitrogen and oxygen atoms in total. The van der Waals surface area contributed by atoms with Crippen molar-refractivity contribution in [3.05, 3.63) is 40.8 Å². The first-order chi connectivity index (χ1) is 8.31. The highest BCUT2D eigenvalue weighted by molar-refractivity contribution is 5.82. The summed E-state index contributed by atoms with van der Waals surface area (Å²) in [6, 6.07) is 8.68. The molecule has 1 heterocycles. The summed E-state index contributed by atoms with van der Waals surface area (Å²) in [5.41, 5.74) is 0.146. The number of methoxy groups -OCH3 is 1. The molecule has 0 N–H and O–H groups in total. The highest BCUT2D eigenvalue weighted by Gasteiger charge is 2.05. The number of rotatable bonds is 5. The van der Waals surface area contributed by atoms with Gasteiger partial charge < -0.3 is 13.9 Å². The largest absolute Gasteiger partial charge is 0.492 e. The number of benzene rings is 1. The number of ether oxygens (including phenoxy) is 2. The molecule has 0 aliphatic rings. The first kappa shape index (κ1) is 11.7. The van der Waals surface area contributed by atoms with Crippen LogP contribution in [0.4, 0.5) is 0 Å². The molecule has 0 bridgehead atoms. The maximum Gasteiger partial charge on any atom is 0.339 e. The number of hydrogen-bond acceptors (Lipinski definition) is 4. The van der Waals surface area contributed by atoms with Gasteiger partial charge in [0, 0.05) is 20.1 Å². The van der Waals surface area contributed by atoms with Crippen molar-refractivity contribution >= 4 is 11.0 Å². The average molecular weight is 234 g/mol. The summed E-state index contributed by atoms with van der Waals surface area (Å²) in [6.07, 6.45) is 0.783. The van der Waals surface area contributed by atoms with E-state index in [1.54, 1.807) is 13.2 Å². The monoisotopic (exact) mass is 234 g/mol. The fraction of sp³-hybridized carbons (Fsp3) is 0.308. The smallest absolute Gasteiger partial charge is 0.339 e. The number of hydrogen-bond donors (Lipinski definition) is 0. The molecule has 0 unspecified atom stereocenters. The molecule has 0 aliphatic heterocycles. The lowest BCUT2D eigenvalue weighted by molar-refractivity contribution is 0.172. The van der Waals surface area contributed by atoms with E-state index in [0.717, 1.165) is 11.8 Å². The van der Waals surface area contributed by atoms with E-state index in [0.29, 0.717) is 24.5 Å².